The summed E-state index contributed by atoms with van der Waals surface area (Å²) in [5.41, 5.74) is 1.61. The number of amides is 1. The Morgan fingerprint density at radius 2 is 2.14 bits per heavy atom. The van der Waals surface area contributed by atoms with Crippen molar-refractivity contribution in [2.75, 3.05) is 32.1 Å². The first-order valence-electron chi connectivity index (χ1n) is 9.33. The number of pyridine rings is 1. The van der Waals surface area contributed by atoms with Gasteiger partial charge < -0.3 is 10.1 Å². The number of anilines is 1. The molecule has 0 aromatic carbocycles. The number of ether oxygens (including phenoxy) is 1. The van der Waals surface area contributed by atoms with Crippen LogP contribution in [0.5, 0.6) is 0 Å². The molecule has 0 bridgehead atoms. The number of thioether (sulfide) groups is 1. The van der Waals surface area contributed by atoms with Crippen molar-refractivity contribution < 1.29 is 9.53 Å². The third-order valence-corrected chi connectivity index (χ3v) is 5.81. The third-order valence-electron chi connectivity index (χ3n) is 4.43. The van der Waals surface area contributed by atoms with E-state index >= 15 is 0 Å². The minimum atomic E-state index is -0.230. The van der Waals surface area contributed by atoms with Crippen LogP contribution in [0.3, 0.4) is 0 Å². The van der Waals surface area contributed by atoms with Gasteiger partial charge in [-0.15, -0.1) is 0 Å². The maximum absolute atomic E-state index is 13.2. The van der Waals surface area contributed by atoms with Gasteiger partial charge in [-0.1, -0.05) is 43.9 Å². The van der Waals surface area contributed by atoms with E-state index in [1.165, 1.54) is 21.1 Å². The molecule has 7 nitrogen and oxygen atoms in total. The lowest BCUT2D eigenvalue weighted by molar-refractivity contribution is -0.122. The molecule has 0 radical (unpaired) electrons. The molecule has 154 valence electrons. The van der Waals surface area contributed by atoms with Gasteiger partial charge in [-0.2, -0.15) is 0 Å². The maximum atomic E-state index is 13.2. The lowest BCUT2D eigenvalue weighted by atomic mass is 10.2. The molecule has 0 saturated carbocycles. The zero-order valence-electron chi connectivity index (χ0n) is 16.9. The van der Waals surface area contributed by atoms with Crippen molar-refractivity contribution in [1.82, 2.24) is 14.3 Å². The number of rotatable bonds is 7. The summed E-state index contributed by atoms with van der Waals surface area (Å²) >= 11 is 6.51. The van der Waals surface area contributed by atoms with Gasteiger partial charge in [0.25, 0.3) is 11.5 Å². The second-order valence-electron chi connectivity index (χ2n) is 7.16. The fourth-order valence-corrected chi connectivity index (χ4v) is 4.17. The first-order chi connectivity index (χ1) is 13.8. The highest BCUT2D eigenvalue weighted by Crippen LogP contribution is 2.32. The highest BCUT2D eigenvalue weighted by molar-refractivity contribution is 8.26. The lowest BCUT2D eigenvalue weighted by Gasteiger charge is -2.14. The molecule has 0 unspecified atom stereocenters. The molecule has 1 fully saturated rings. The quantitative estimate of drug-likeness (QED) is 0.532. The van der Waals surface area contributed by atoms with E-state index < -0.39 is 0 Å². The molecule has 9 heteroatoms. The summed E-state index contributed by atoms with van der Waals surface area (Å²) in [6.07, 6.45) is 3.28. The van der Waals surface area contributed by atoms with E-state index in [0.717, 1.165) is 5.56 Å². The van der Waals surface area contributed by atoms with Gasteiger partial charge in [-0.05, 0) is 30.5 Å². The minimum Gasteiger partial charge on any atom is -0.383 e. The first kappa shape index (κ1) is 21.5. The zero-order chi connectivity index (χ0) is 21.1. The van der Waals surface area contributed by atoms with Crippen molar-refractivity contribution in [1.29, 1.82) is 0 Å². The molecular formula is C20H24N4O3S2. The summed E-state index contributed by atoms with van der Waals surface area (Å²) in [4.78, 5) is 32.6. The Balaban J connectivity index is 2.10. The zero-order valence-corrected chi connectivity index (χ0v) is 18.5. The number of thiocarbonyl (C=S) groups is 1. The highest BCUT2D eigenvalue weighted by atomic mass is 32.2. The predicted molar refractivity (Wildman–Crippen MR) is 121 cm³/mol. The Labute approximate surface area is 179 Å². The van der Waals surface area contributed by atoms with Crippen LogP contribution < -0.4 is 10.9 Å². The number of aromatic nitrogens is 2. The van der Waals surface area contributed by atoms with Gasteiger partial charge in [-0.3, -0.25) is 18.9 Å². The Morgan fingerprint density at radius 3 is 2.83 bits per heavy atom. The van der Waals surface area contributed by atoms with Crippen LogP contribution in [-0.4, -0.2) is 51.3 Å². The van der Waals surface area contributed by atoms with Gasteiger partial charge in [0, 0.05) is 19.9 Å². The van der Waals surface area contributed by atoms with Crippen LogP contribution in [0.1, 0.15) is 25.0 Å². The minimum absolute atomic E-state index is 0.222. The van der Waals surface area contributed by atoms with E-state index in [9.17, 15) is 9.59 Å². The molecule has 1 saturated heterocycles. The summed E-state index contributed by atoms with van der Waals surface area (Å²) in [5, 5.41) is 3.26. The van der Waals surface area contributed by atoms with Gasteiger partial charge in [0.2, 0.25) is 0 Å². The number of aryl methyl sites for hydroxylation is 1. The smallest absolute Gasteiger partial charge is 0.267 e. The number of nitrogens with one attached hydrogen (secondary N) is 1. The van der Waals surface area contributed by atoms with E-state index in [1.54, 1.807) is 25.4 Å². The van der Waals surface area contributed by atoms with E-state index in [0.29, 0.717) is 51.9 Å². The summed E-state index contributed by atoms with van der Waals surface area (Å²) < 4.78 is 7.02. The monoisotopic (exact) mass is 432 g/mol. The summed E-state index contributed by atoms with van der Waals surface area (Å²) in [7, 11) is 1.57. The molecule has 3 heterocycles. The fraction of sp³-hybridized carbons (Fsp3) is 0.400. The average Bonchev–Trinajstić information content (AvgIpc) is 2.94. The average molecular weight is 433 g/mol. The number of nitrogens with zero attached hydrogens (tertiary/aromatic N) is 3. The molecule has 1 aliphatic heterocycles. The van der Waals surface area contributed by atoms with Crippen molar-refractivity contribution in [2.45, 2.75) is 20.8 Å². The van der Waals surface area contributed by atoms with Crippen LogP contribution in [0.25, 0.3) is 11.7 Å². The second-order valence-corrected chi connectivity index (χ2v) is 8.84. The molecule has 0 aliphatic carbocycles. The van der Waals surface area contributed by atoms with Gasteiger partial charge in [0.1, 0.15) is 15.8 Å². The summed E-state index contributed by atoms with van der Waals surface area (Å²) in [6, 6.07) is 3.72. The normalized spacial score (nSPS) is 15.9. The number of carbonyl (C=O) groups excluding carboxylic acids is 1. The van der Waals surface area contributed by atoms with Crippen molar-refractivity contribution in [2.24, 2.45) is 5.92 Å². The Kier molecular flexibility index (Phi) is 6.71. The number of fused-ring (bicyclic) bond motifs is 1. The SMILES string of the molecule is COCCN1C(=O)/C(=C/c2c(NCC(C)C)nc3c(C)cccn3c2=O)SC1=S. The van der Waals surface area contributed by atoms with Gasteiger partial charge >= 0.3 is 0 Å². The molecule has 1 amide bonds. The molecule has 1 N–H and O–H groups in total. The van der Waals surface area contributed by atoms with Crippen LogP contribution in [0, 0.1) is 12.8 Å². The molecule has 2 aromatic rings. The van der Waals surface area contributed by atoms with E-state index in [-0.39, 0.29) is 11.5 Å². The van der Waals surface area contributed by atoms with Crippen LogP contribution >= 0.6 is 24.0 Å². The molecule has 3 rings (SSSR count). The molecule has 1 aliphatic rings. The van der Waals surface area contributed by atoms with Crippen LogP contribution in [0.15, 0.2) is 28.0 Å². The Morgan fingerprint density at radius 1 is 1.38 bits per heavy atom. The first-order valence-corrected chi connectivity index (χ1v) is 10.6. The molecule has 2 aromatic heterocycles. The molecule has 29 heavy (non-hydrogen) atoms. The maximum Gasteiger partial charge on any atom is 0.267 e. The largest absolute Gasteiger partial charge is 0.383 e. The fourth-order valence-electron chi connectivity index (χ4n) is 2.88. The summed E-state index contributed by atoms with van der Waals surface area (Å²) in [5.74, 6) is 0.619. The Bertz CT molecular complexity index is 1050. The molecule has 0 spiro atoms. The topological polar surface area (TPSA) is 75.9 Å². The van der Waals surface area contributed by atoms with E-state index in [4.69, 9.17) is 17.0 Å². The van der Waals surface area contributed by atoms with Crippen LogP contribution in [0.4, 0.5) is 5.82 Å². The predicted octanol–water partition coefficient (Wildman–Crippen LogP) is 2.92. The van der Waals surface area contributed by atoms with Gasteiger partial charge in [0.05, 0.1) is 23.6 Å². The molecule has 0 atom stereocenters. The van der Waals surface area contributed by atoms with Crippen molar-refractivity contribution in [3.63, 3.8) is 0 Å². The van der Waals surface area contributed by atoms with Crippen LogP contribution in [0.2, 0.25) is 0 Å². The van der Waals surface area contributed by atoms with Crippen molar-refractivity contribution in [3.8, 4) is 0 Å². The number of hydrogen-bond acceptors (Lipinski definition) is 7. The number of carbonyl (C=O) groups is 1. The highest BCUT2D eigenvalue weighted by Gasteiger charge is 2.32. The number of methoxy groups -OCH3 is 1. The van der Waals surface area contributed by atoms with Gasteiger partial charge in [0.15, 0.2) is 0 Å². The van der Waals surface area contributed by atoms with Crippen LogP contribution in [-0.2, 0) is 9.53 Å². The Hall–Kier alpha value is -2.23. The van der Waals surface area contributed by atoms with Crippen molar-refractivity contribution >= 4 is 51.7 Å². The standard InChI is InChI=1S/C20H24N4O3S2/c1-12(2)11-21-16-14(18(25)23-7-5-6-13(3)17(23)22-16)10-15-19(26)24(8-9-27-4)20(28)29-15/h5-7,10,12,21H,8-9,11H2,1-4H3/b15-10-. The number of hydrogen-bond donors (Lipinski definition) is 1. The second kappa shape index (κ2) is 9.06. The lowest BCUT2D eigenvalue weighted by Crippen LogP contribution is -2.31. The molecular weight excluding hydrogens is 408 g/mol. The van der Waals surface area contributed by atoms with Gasteiger partial charge in [-0.25, -0.2) is 4.98 Å². The van der Waals surface area contributed by atoms with E-state index in [2.05, 4.69) is 24.1 Å². The van der Waals surface area contributed by atoms with Crippen molar-refractivity contribution in [3.05, 3.63) is 44.7 Å². The summed E-state index contributed by atoms with van der Waals surface area (Å²) in [6.45, 7) is 7.49. The van der Waals surface area contributed by atoms with E-state index in [1.807, 2.05) is 13.0 Å². The third kappa shape index (κ3) is 4.52.